The van der Waals surface area contributed by atoms with Crippen LogP contribution in [0.15, 0.2) is 46.3 Å². The molecule has 0 aliphatic rings. The van der Waals surface area contributed by atoms with Gasteiger partial charge in [-0.2, -0.15) is 11.8 Å². The zero-order valence-electron chi connectivity index (χ0n) is 15.6. The molecule has 0 radical (unpaired) electrons. The summed E-state index contributed by atoms with van der Waals surface area (Å²) in [4.78, 5) is 13.2. The third-order valence-electron chi connectivity index (χ3n) is 2.93. The van der Waals surface area contributed by atoms with E-state index in [-0.39, 0.29) is 5.75 Å². The van der Waals surface area contributed by atoms with Crippen molar-refractivity contribution in [2.45, 2.75) is 12.8 Å². The SMILES string of the molecule is CN(C)CCCc1cccs1.CSCCOC=O.Oc1ccccc1Br. The minimum Gasteiger partial charge on any atom is -0.507 e. The number of thiophene rings is 1. The van der Waals surface area contributed by atoms with Crippen molar-refractivity contribution < 1.29 is 14.6 Å². The Morgan fingerprint density at radius 2 is 2.00 bits per heavy atom. The molecule has 7 heteroatoms. The van der Waals surface area contributed by atoms with E-state index in [1.54, 1.807) is 30.0 Å². The molecule has 1 aromatic heterocycles. The number of hydrogen-bond acceptors (Lipinski definition) is 6. The van der Waals surface area contributed by atoms with E-state index < -0.39 is 0 Å². The lowest BCUT2D eigenvalue weighted by Gasteiger charge is -2.07. The van der Waals surface area contributed by atoms with Gasteiger partial charge < -0.3 is 14.7 Å². The van der Waals surface area contributed by atoms with Crippen molar-refractivity contribution in [1.29, 1.82) is 0 Å². The largest absolute Gasteiger partial charge is 0.507 e. The number of phenolic OH excluding ortho intramolecular Hbond substituents is 1. The van der Waals surface area contributed by atoms with Crippen molar-refractivity contribution in [3.05, 3.63) is 51.1 Å². The second-order valence-electron chi connectivity index (χ2n) is 5.40. The van der Waals surface area contributed by atoms with Crippen LogP contribution in [-0.2, 0) is 16.0 Å². The van der Waals surface area contributed by atoms with Crippen LogP contribution in [0.5, 0.6) is 5.75 Å². The summed E-state index contributed by atoms with van der Waals surface area (Å²) in [5, 5.41) is 11.0. The van der Waals surface area contributed by atoms with E-state index in [1.165, 1.54) is 24.3 Å². The molecule has 0 fully saturated rings. The summed E-state index contributed by atoms with van der Waals surface area (Å²) in [6.07, 6.45) is 4.47. The predicted molar refractivity (Wildman–Crippen MR) is 117 cm³/mol. The molecule has 0 saturated heterocycles. The first kappa shape index (κ1) is 25.0. The van der Waals surface area contributed by atoms with Crippen LogP contribution in [0, 0.1) is 0 Å². The van der Waals surface area contributed by atoms with Crippen molar-refractivity contribution in [1.82, 2.24) is 4.90 Å². The normalized spacial score (nSPS) is 9.58. The second-order valence-corrected chi connectivity index (χ2v) is 8.27. The molecule has 0 saturated carbocycles. The van der Waals surface area contributed by atoms with Gasteiger partial charge in [-0.05, 0) is 79.2 Å². The molecule has 4 nitrogen and oxygen atoms in total. The first-order chi connectivity index (χ1) is 12.5. The van der Waals surface area contributed by atoms with E-state index in [1.807, 2.05) is 23.7 Å². The molecule has 26 heavy (non-hydrogen) atoms. The Kier molecular flexibility index (Phi) is 16.7. The quantitative estimate of drug-likeness (QED) is 0.446. The molecule has 1 N–H and O–H groups in total. The van der Waals surface area contributed by atoms with Gasteiger partial charge in [-0.25, -0.2) is 0 Å². The minimum atomic E-state index is 0.285. The van der Waals surface area contributed by atoms with E-state index in [0.717, 1.165) is 10.2 Å². The Morgan fingerprint density at radius 3 is 2.46 bits per heavy atom. The van der Waals surface area contributed by atoms with E-state index >= 15 is 0 Å². The predicted octanol–water partition coefficient (Wildman–Crippen LogP) is 4.92. The average Bonchev–Trinajstić information content (AvgIpc) is 3.12. The lowest BCUT2D eigenvalue weighted by molar-refractivity contribution is -0.128. The van der Waals surface area contributed by atoms with Crippen LogP contribution < -0.4 is 0 Å². The van der Waals surface area contributed by atoms with Crippen LogP contribution in [0.2, 0.25) is 0 Å². The van der Waals surface area contributed by atoms with Gasteiger partial charge in [0.25, 0.3) is 6.47 Å². The molecule has 0 bridgehead atoms. The molecule has 146 valence electrons. The van der Waals surface area contributed by atoms with Gasteiger partial charge in [0.15, 0.2) is 0 Å². The van der Waals surface area contributed by atoms with Gasteiger partial charge in [0.2, 0.25) is 0 Å². The van der Waals surface area contributed by atoms with Crippen molar-refractivity contribution >= 4 is 45.5 Å². The summed E-state index contributed by atoms with van der Waals surface area (Å²) in [5.74, 6) is 1.17. The molecule has 0 atom stereocenters. The summed E-state index contributed by atoms with van der Waals surface area (Å²) < 4.78 is 5.11. The summed E-state index contributed by atoms with van der Waals surface area (Å²) in [7, 11) is 4.24. The maximum absolute atomic E-state index is 9.45. The highest BCUT2D eigenvalue weighted by atomic mass is 79.9. The number of ether oxygens (including phenoxy) is 1. The summed E-state index contributed by atoms with van der Waals surface area (Å²) >= 11 is 6.66. The number of rotatable bonds is 8. The number of carbonyl (C=O) groups excluding carboxylic acids is 1. The molecular formula is C19H28BrNO3S2. The van der Waals surface area contributed by atoms with Crippen molar-refractivity contribution in [2.75, 3.05) is 39.3 Å². The number of nitrogens with zero attached hydrogens (tertiary/aromatic N) is 1. The second kappa shape index (κ2) is 17.4. The van der Waals surface area contributed by atoms with Crippen LogP contribution in [0.3, 0.4) is 0 Å². The fourth-order valence-corrected chi connectivity index (χ4v) is 2.95. The molecule has 0 aliphatic carbocycles. The van der Waals surface area contributed by atoms with Crippen molar-refractivity contribution in [3.63, 3.8) is 0 Å². The molecular weight excluding hydrogens is 434 g/mol. The Morgan fingerprint density at radius 1 is 1.27 bits per heavy atom. The Bertz CT molecular complexity index is 545. The highest BCUT2D eigenvalue weighted by Gasteiger charge is 1.94. The van der Waals surface area contributed by atoms with Gasteiger partial charge in [-0.3, -0.25) is 4.79 Å². The number of hydrogen-bond donors (Lipinski definition) is 1. The number of aromatic hydroxyl groups is 1. The van der Waals surface area contributed by atoms with Gasteiger partial charge in [-0.1, -0.05) is 18.2 Å². The van der Waals surface area contributed by atoms with Gasteiger partial charge >= 0.3 is 0 Å². The fraction of sp³-hybridized carbons (Fsp3) is 0.421. The standard InChI is InChI=1S/C9H15NS.C6H5BrO.C4H8O2S/c1-10(2)7-3-5-9-6-4-8-11-9;7-5-3-1-2-4-6(5)8;1-7-3-2-6-4-5/h4,6,8H,3,5,7H2,1-2H3;1-4,8H;4H,2-3H2,1H3. The maximum atomic E-state index is 9.45. The van der Waals surface area contributed by atoms with Crippen molar-refractivity contribution in [2.24, 2.45) is 0 Å². The number of thioether (sulfide) groups is 1. The number of para-hydroxylation sites is 1. The molecule has 2 rings (SSSR count). The highest BCUT2D eigenvalue weighted by Crippen LogP contribution is 2.21. The van der Waals surface area contributed by atoms with Gasteiger partial charge in [-0.15, -0.1) is 11.3 Å². The van der Waals surface area contributed by atoms with Gasteiger partial charge in [0.1, 0.15) is 12.4 Å². The zero-order chi connectivity index (χ0) is 19.6. The molecule has 0 amide bonds. The van der Waals surface area contributed by atoms with Crippen LogP contribution in [0.25, 0.3) is 0 Å². The summed E-state index contributed by atoms with van der Waals surface area (Å²) in [6, 6.07) is 11.4. The van der Waals surface area contributed by atoms with E-state index in [9.17, 15) is 4.79 Å². The first-order valence-corrected chi connectivity index (χ1v) is 11.2. The van der Waals surface area contributed by atoms with Crippen LogP contribution >= 0.6 is 39.0 Å². The monoisotopic (exact) mass is 461 g/mol. The minimum absolute atomic E-state index is 0.285. The van der Waals surface area contributed by atoms with E-state index in [0.29, 0.717) is 13.1 Å². The Balaban J connectivity index is 0.000000373. The third kappa shape index (κ3) is 15.3. The van der Waals surface area contributed by atoms with E-state index in [4.69, 9.17) is 5.11 Å². The average molecular weight is 462 g/mol. The van der Waals surface area contributed by atoms with Crippen LogP contribution in [0.4, 0.5) is 0 Å². The molecule has 0 unspecified atom stereocenters. The summed E-state index contributed by atoms with van der Waals surface area (Å²) in [6.45, 7) is 2.19. The molecule has 0 aliphatic heterocycles. The number of halogens is 1. The number of carbonyl (C=O) groups is 1. The zero-order valence-corrected chi connectivity index (χ0v) is 18.8. The third-order valence-corrected chi connectivity index (χ3v) is 5.12. The first-order valence-electron chi connectivity index (χ1n) is 8.16. The maximum Gasteiger partial charge on any atom is 0.293 e. The Labute approximate surface area is 173 Å². The number of phenols is 1. The molecule has 0 spiro atoms. The van der Waals surface area contributed by atoms with E-state index in [2.05, 4.69) is 57.2 Å². The number of aryl methyl sites for hydroxylation is 1. The van der Waals surface area contributed by atoms with Gasteiger partial charge in [0.05, 0.1) is 4.47 Å². The van der Waals surface area contributed by atoms with Gasteiger partial charge in [0, 0.05) is 10.6 Å². The molecule has 1 heterocycles. The fourth-order valence-electron chi connectivity index (χ4n) is 1.66. The Hall–Kier alpha value is -1.02. The lowest BCUT2D eigenvalue weighted by Crippen LogP contribution is -2.13. The number of benzene rings is 1. The smallest absolute Gasteiger partial charge is 0.293 e. The highest BCUT2D eigenvalue weighted by molar-refractivity contribution is 9.10. The summed E-state index contributed by atoms with van der Waals surface area (Å²) in [5.41, 5.74) is 0. The van der Waals surface area contributed by atoms with Crippen molar-refractivity contribution in [3.8, 4) is 5.75 Å². The topological polar surface area (TPSA) is 49.8 Å². The van der Waals surface area contributed by atoms with Crippen LogP contribution in [0.1, 0.15) is 11.3 Å². The van der Waals surface area contributed by atoms with Crippen LogP contribution in [-0.4, -0.2) is 55.7 Å². The molecule has 2 aromatic rings. The molecule has 1 aromatic carbocycles. The lowest BCUT2D eigenvalue weighted by atomic mass is 10.2.